The van der Waals surface area contributed by atoms with Gasteiger partial charge in [-0.05, 0) is 12.1 Å². The molecule has 0 N–H and O–H groups in total. The number of hydrogen-bond donors (Lipinski definition) is 0. The first-order chi connectivity index (χ1) is 17.6. The fourth-order valence-electron chi connectivity index (χ4n) is 1.57. The largest absolute Gasteiger partial charge is 0.461 e. The molecule has 0 aliphatic heterocycles. The van der Waals surface area contributed by atoms with E-state index >= 15 is 0 Å². The number of halogens is 19. The summed E-state index contributed by atoms with van der Waals surface area (Å²) in [7, 11) is -15.0. The minimum Gasteiger partial charge on any atom is -0.374 e. The van der Waals surface area contributed by atoms with Crippen molar-refractivity contribution in [1.29, 1.82) is 0 Å². The summed E-state index contributed by atoms with van der Waals surface area (Å²) in [4.78, 5) is 0. The van der Waals surface area contributed by atoms with E-state index < -0.39 is 79.0 Å². The lowest BCUT2D eigenvalue weighted by Gasteiger charge is -2.28. The molecule has 1 aromatic rings. The molecule has 6 nitrogen and oxygen atoms in total. The molecule has 0 bridgehead atoms. The van der Waals surface area contributed by atoms with Crippen molar-refractivity contribution in [3.8, 4) is 11.5 Å². The van der Waals surface area contributed by atoms with Crippen LogP contribution in [0.15, 0.2) is 24.3 Å². The van der Waals surface area contributed by atoms with Gasteiger partial charge in [-0.15, -0.1) is 0 Å². The second-order valence-electron chi connectivity index (χ2n) is 6.54. The van der Waals surface area contributed by atoms with Crippen molar-refractivity contribution in [1.82, 2.24) is 0 Å². The molecule has 0 heterocycles. The van der Waals surface area contributed by atoms with Gasteiger partial charge in [-0.25, -0.2) is 8.78 Å². The molecule has 0 saturated carbocycles. The zero-order chi connectivity index (χ0) is 33.5. The maximum absolute atomic E-state index is 13.4. The highest BCUT2D eigenvalue weighted by Gasteiger charge is 2.81. The van der Waals surface area contributed by atoms with E-state index in [2.05, 4.69) is 8.37 Å². The van der Waals surface area contributed by atoms with Crippen LogP contribution < -0.4 is 8.37 Å². The highest BCUT2D eigenvalue weighted by Crippen LogP contribution is 2.52. The fourth-order valence-corrected chi connectivity index (χ4v) is 3.39. The molecule has 0 aliphatic rings. The summed E-state index contributed by atoms with van der Waals surface area (Å²) < 4.78 is 282. The minimum absolute atomic E-state index is 0.107. The summed E-state index contributed by atoms with van der Waals surface area (Å²) in [5.41, 5.74) is 0. The molecule has 242 valence electrons. The zero-order valence-electron chi connectivity index (χ0n) is 17.8. The van der Waals surface area contributed by atoms with Gasteiger partial charge in [-0.2, -0.15) is 91.5 Å². The lowest BCUT2D eigenvalue weighted by atomic mass is 10.3. The first kappa shape index (κ1) is 38.4. The van der Waals surface area contributed by atoms with E-state index in [0.717, 1.165) is 0 Å². The van der Waals surface area contributed by atoms with Crippen LogP contribution in [0, 0.1) is 0 Å². The molecule has 0 amide bonds. The molecule has 0 radical (unpaired) electrons. The molecule has 0 fully saturated rings. The van der Waals surface area contributed by atoms with Crippen LogP contribution in [0.4, 0.5) is 83.4 Å². The first-order valence-electron chi connectivity index (χ1n) is 8.58. The summed E-state index contributed by atoms with van der Waals surface area (Å²) >= 11 is 0. The zero-order valence-corrected chi connectivity index (χ0v) is 19.5. The van der Waals surface area contributed by atoms with Crippen molar-refractivity contribution >= 4 is 20.2 Å². The number of alkyl halides is 19. The highest BCUT2D eigenvalue weighted by molar-refractivity contribution is 7.88. The van der Waals surface area contributed by atoms with E-state index in [1.807, 2.05) is 0 Å². The Hall–Kier alpha value is -2.61. The van der Waals surface area contributed by atoms with E-state index in [0.29, 0.717) is 12.1 Å². The summed E-state index contributed by atoms with van der Waals surface area (Å²) in [6, 6.07) is 0.605. The van der Waals surface area contributed by atoms with Crippen LogP contribution in [0.1, 0.15) is 0 Å². The maximum atomic E-state index is 13.4. The number of benzene rings is 1. The van der Waals surface area contributed by atoms with Crippen LogP contribution in [0.3, 0.4) is 0 Å². The average Bonchev–Trinajstić information content (AvgIpc) is 2.72. The third kappa shape index (κ3) is 7.62. The summed E-state index contributed by atoms with van der Waals surface area (Å²) in [5, 5.41) is -14.3. The smallest absolute Gasteiger partial charge is 0.374 e. The van der Waals surface area contributed by atoms with Crippen LogP contribution in [-0.4, -0.2) is 64.1 Å². The van der Waals surface area contributed by atoms with Crippen LogP contribution in [0.2, 0.25) is 0 Å². The van der Waals surface area contributed by atoms with Crippen molar-refractivity contribution in [2.45, 2.75) is 47.3 Å². The second kappa shape index (κ2) is 11.2. The quantitative estimate of drug-likeness (QED) is 0.228. The summed E-state index contributed by atoms with van der Waals surface area (Å²) in [5.74, 6) is -19.1. The van der Waals surface area contributed by atoms with E-state index in [-0.39, 0.29) is 12.1 Å². The Morgan fingerprint density at radius 3 is 0.902 bits per heavy atom. The van der Waals surface area contributed by atoms with E-state index in [9.17, 15) is 100 Å². The van der Waals surface area contributed by atoms with E-state index in [1.54, 1.807) is 0 Å². The topological polar surface area (TPSA) is 86.7 Å². The van der Waals surface area contributed by atoms with E-state index in [4.69, 9.17) is 0 Å². The molecule has 0 spiro atoms. The lowest BCUT2D eigenvalue weighted by Crippen LogP contribution is -2.57. The molecule has 1 aromatic carbocycles. The predicted octanol–water partition coefficient (Wildman–Crippen LogP) is 6.50. The molecule has 1 rings (SSSR count). The molecule has 41 heavy (non-hydrogen) atoms. The fraction of sp³-hybridized carbons (Fsp3) is 0.571. The van der Waals surface area contributed by atoms with Crippen LogP contribution >= 0.6 is 0 Å². The van der Waals surface area contributed by atoms with Crippen molar-refractivity contribution in [2.75, 3.05) is 0 Å². The third-order valence-electron chi connectivity index (χ3n) is 3.57. The van der Waals surface area contributed by atoms with Crippen LogP contribution in [0.5, 0.6) is 11.5 Å². The summed E-state index contributed by atoms with van der Waals surface area (Å²) in [6.45, 7) is 0. The minimum atomic E-state index is -7.51. The third-order valence-corrected chi connectivity index (χ3v) is 6.13. The van der Waals surface area contributed by atoms with E-state index in [1.165, 1.54) is 0 Å². The monoisotopic (exact) mass is 694 g/mol. The Labute approximate surface area is 212 Å². The van der Waals surface area contributed by atoms with Gasteiger partial charge in [-0.3, -0.25) is 0 Å². The number of rotatable bonds is 8. The van der Waals surface area contributed by atoms with Gasteiger partial charge in [0.1, 0.15) is 0 Å². The van der Waals surface area contributed by atoms with Gasteiger partial charge in [0.2, 0.25) is 0 Å². The Morgan fingerprint density at radius 1 is 0.512 bits per heavy atom. The molecule has 0 saturated heterocycles. The Balaban J connectivity index is 0.00000201. The summed E-state index contributed by atoms with van der Waals surface area (Å²) in [6.07, 6.45) is -24.0. The van der Waals surface area contributed by atoms with Crippen LogP contribution in [0.25, 0.3) is 0 Å². The normalized spacial score (nSPS) is 14.8. The van der Waals surface area contributed by atoms with Crippen molar-refractivity contribution in [2.24, 2.45) is 0 Å². The predicted molar refractivity (Wildman–Crippen MR) is 89.5 cm³/mol. The van der Waals surface area contributed by atoms with Crippen molar-refractivity contribution in [3.63, 3.8) is 0 Å². The molecular formula is C14H5F19O6S2. The highest BCUT2D eigenvalue weighted by atomic mass is 32.2. The van der Waals surface area contributed by atoms with Gasteiger partial charge in [0, 0.05) is 0 Å². The Bertz CT molecular complexity index is 1170. The van der Waals surface area contributed by atoms with Gasteiger partial charge in [-0.1, -0.05) is 12.1 Å². The van der Waals surface area contributed by atoms with Crippen molar-refractivity contribution in [3.05, 3.63) is 24.3 Å². The molecular weight excluding hydrogens is 689 g/mol. The molecule has 27 heteroatoms. The lowest BCUT2D eigenvalue weighted by molar-refractivity contribution is -0.333. The molecule has 0 aromatic heterocycles. The molecule has 0 unspecified atom stereocenters. The Kier molecular flexibility index (Phi) is 10.5. The standard InChI is InChI=1S/C12H4F14O6S2.C2HF5/c13-7(14,9(17,18)19)11(23,24)33(27,28)31-5-3-1-2-4-6(5)32-34(29,30)12(25,26)8(15,16)10(20,21)22;3-1(4)2(5,6)7/h1-4H;1H. The first-order valence-corrected chi connectivity index (χ1v) is 11.4. The number of para-hydroxylation sites is 2. The average molecular weight is 694 g/mol. The molecule has 0 aliphatic carbocycles. The van der Waals surface area contributed by atoms with Crippen LogP contribution in [-0.2, 0) is 20.2 Å². The van der Waals surface area contributed by atoms with Gasteiger partial charge in [0.25, 0.3) is 0 Å². The van der Waals surface area contributed by atoms with Crippen molar-refractivity contribution < 1.29 is 109 Å². The maximum Gasteiger partial charge on any atom is 0.461 e. The number of hydrogen-bond acceptors (Lipinski definition) is 6. The van der Waals surface area contributed by atoms with Gasteiger partial charge < -0.3 is 8.37 Å². The second-order valence-corrected chi connectivity index (χ2v) is 9.72. The molecule has 0 atom stereocenters. The van der Waals surface area contributed by atoms with Gasteiger partial charge in [0.15, 0.2) is 11.5 Å². The van der Waals surface area contributed by atoms with Gasteiger partial charge >= 0.3 is 67.5 Å². The van der Waals surface area contributed by atoms with Gasteiger partial charge in [0.05, 0.1) is 0 Å². The Morgan fingerprint density at radius 2 is 0.732 bits per heavy atom. The SMILES string of the molecule is FC(F)C(F)(F)F.O=S(=O)(Oc1ccccc1OS(=O)(=O)C(F)(F)C(F)(F)C(F)(F)F)C(F)(F)C(F)(F)C(F)(F)F.